The standard InChI is InChI=1S/C17H19N/c1-14(12-15-8-4-2-5-9-15)13-17(18)16-10-6-3-7-11-16/h2-11,13,17H,12,18H2,1H3/b14-13+. The Morgan fingerprint density at radius 1 is 1.00 bits per heavy atom. The second-order valence-corrected chi connectivity index (χ2v) is 4.61. The Balaban J connectivity index is 2.05. The van der Waals surface area contributed by atoms with Crippen LogP contribution in [-0.2, 0) is 6.42 Å². The molecule has 0 aromatic heterocycles. The molecule has 0 aliphatic rings. The highest BCUT2D eigenvalue weighted by molar-refractivity contribution is 5.26. The molecular formula is C17H19N. The lowest BCUT2D eigenvalue weighted by Gasteiger charge is -2.09. The summed E-state index contributed by atoms with van der Waals surface area (Å²) in [6, 6.07) is 20.6. The largest absolute Gasteiger partial charge is 0.321 e. The van der Waals surface area contributed by atoms with Gasteiger partial charge in [-0.3, -0.25) is 0 Å². The molecule has 0 saturated heterocycles. The monoisotopic (exact) mass is 237 g/mol. The van der Waals surface area contributed by atoms with Gasteiger partial charge >= 0.3 is 0 Å². The molecule has 1 atom stereocenters. The van der Waals surface area contributed by atoms with Crippen molar-refractivity contribution in [3.63, 3.8) is 0 Å². The zero-order valence-corrected chi connectivity index (χ0v) is 10.7. The van der Waals surface area contributed by atoms with Crippen LogP contribution < -0.4 is 5.73 Å². The Hall–Kier alpha value is -1.86. The first kappa shape index (κ1) is 12.6. The van der Waals surface area contributed by atoms with Crippen LogP contribution in [0.1, 0.15) is 24.1 Å². The minimum atomic E-state index is -0.0186. The van der Waals surface area contributed by atoms with E-state index in [1.54, 1.807) is 0 Å². The van der Waals surface area contributed by atoms with Gasteiger partial charge < -0.3 is 5.73 Å². The summed E-state index contributed by atoms with van der Waals surface area (Å²) < 4.78 is 0. The van der Waals surface area contributed by atoms with Crippen LogP contribution in [0, 0.1) is 0 Å². The molecular weight excluding hydrogens is 218 g/mol. The lowest BCUT2D eigenvalue weighted by atomic mass is 10.0. The summed E-state index contributed by atoms with van der Waals surface area (Å²) in [5.74, 6) is 0. The number of nitrogens with two attached hydrogens (primary N) is 1. The zero-order valence-electron chi connectivity index (χ0n) is 10.7. The van der Waals surface area contributed by atoms with Crippen molar-refractivity contribution in [2.24, 2.45) is 5.73 Å². The quantitative estimate of drug-likeness (QED) is 0.802. The van der Waals surface area contributed by atoms with Crippen LogP contribution in [0.4, 0.5) is 0 Å². The SMILES string of the molecule is C/C(=C\C(N)c1ccccc1)Cc1ccccc1. The molecule has 92 valence electrons. The highest BCUT2D eigenvalue weighted by Gasteiger charge is 2.02. The van der Waals surface area contributed by atoms with E-state index >= 15 is 0 Å². The number of hydrogen-bond acceptors (Lipinski definition) is 1. The molecule has 0 radical (unpaired) electrons. The summed E-state index contributed by atoms with van der Waals surface area (Å²) in [4.78, 5) is 0. The Labute approximate surface area is 109 Å². The van der Waals surface area contributed by atoms with Gasteiger partial charge in [-0.2, -0.15) is 0 Å². The molecule has 2 aromatic carbocycles. The van der Waals surface area contributed by atoms with E-state index in [1.165, 1.54) is 11.1 Å². The Kier molecular flexibility index (Phi) is 4.32. The van der Waals surface area contributed by atoms with Crippen LogP contribution >= 0.6 is 0 Å². The predicted octanol–water partition coefficient (Wildman–Crippen LogP) is 3.88. The first-order chi connectivity index (χ1) is 8.75. The van der Waals surface area contributed by atoms with Crippen LogP contribution in [0.25, 0.3) is 0 Å². The van der Waals surface area contributed by atoms with Crippen molar-refractivity contribution in [3.8, 4) is 0 Å². The maximum absolute atomic E-state index is 6.17. The first-order valence-corrected chi connectivity index (χ1v) is 6.27. The van der Waals surface area contributed by atoms with Crippen LogP contribution in [-0.4, -0.2) is 0 Å². The number of benzene rings is 2. The average Bonchev–Trinajstić information content (AvgIpc) is 2.40. The van der Waals surface area contributed by atoms with Crippen molar-refractivity contribution in [1.82, 2.24) is 0 Å². The summed E-state index contributed by atoms with van der Waals surface area (Å²) in [6.07, 6.45) is 3.10. The van der Waals surface area contributed by atoms with E-state index in [-0.39, 0.29) is 6.04 Å². The van der Waals surface area contributed by atoms with Crippen molar-refractivity contribution < 1.29 is 0 Å². The molecule has 0 heterocycles. The lowest BCUT2D eigenvalue weighted by Crippen LogP contribution is -2.07. The van der Waals surface area contributed by atoms with Gasteiger partial charge in [-0.25, -0.2) is 0 Å². The number of allylic oxidation sites excluding steroid dienone is 1. The minimum absolute atomic E-state index is 0.0186. The summed E-state index contributed by atoms with van der Waals surface area (Å²) in [5, 5.41) is 0. The smallest absolute Gasteiger partial charge is 0.0483 e. The number of hydrogen-bond donors (Lipinski definition) is 1. The maximum Gasteiger partial charge on any atom is 0.0483 e. The van der Waals surface area contributed by atoms with Crippen molar-refractivity contribution in [2.75, 3.05) is 0 Å². The molecule has 0 fully saturated rings. The first-order valence-electron chi connectivity index (χ1n) is 6.27. The van der Waals surface area contributed by atoms with E-state index in [0.29, 0.717) is 0 Å². The molecule has 0 aliphatic carbocycles. The fourth-order valence-corrected chi connectivity index (χ4v) is 2.05. The molecule has 0 spiro atoms. The summed E-state index contributed by atoms with van der Waals surface area (Å²) in [5.41, 5.74) is 9.96. The molecule has 0 aliphatic heterocycles. The third-order valence-electron chi connectivity index (χ3n) is 2.97. The van der Waals surface area contributed by atoms with Crippen LogP contribution in [0.15, 0.2) is 72.3 Å². The molecule has 1 unspecified atom stereocenters. The molecule has 1 nitrogen and oxygen atoms in total. The molecule has 2 rings (SSSR count). The van der Waals surface area contributed by atoms with Crippen molar-refractivity contribution in [2.45, 2.75) is 19.4 Å². The topological polar surface area (TPSA) is 26.0 Å². The van der Waals surface area contributed by atoms with Crippen LogP contribution in [0.2, 0.25) is 0 Å². The van der Waals surface area contributed by atoms with Gasteiger partial charge in [0.15, 0.2) is 0 Å². The average molecular weight is 237 g/mol. The summed E-state index contributed by atoms with van der Waals surface area (Å²) >= 11 is 0. The summed E-state index contributed by atoms with van der Waals surface area (Å²) in [7, 11) is 0. The van der Waals surface area contributed by atoms with E-state index in [2.05, 4.69) is 49.4 Å². The molecule has 0 bridgehead atoms. The van der Waals surface area contributed by atoms with Crippen molar-refractivity contribution in [3.05, 3.63) is 83.4 Å². The third kappa shape index (κ3) is 3.57. The van der Waals surface area contributed by atoms with Gasteiger partial charge in [0.05, 0.1) is 0 Å². The van der Waals surface area contributed by atoms with Gasteiger partial charge in [-0.05, 0) is 24.5 Å². The third-order valence-corrected chi connectivity index (χ3v) is 2.97. The molecule has 0 amide bonds. The fourth-order valence-electron chi connectivity index (χ4n) is 2.05. The maximum atomic E-state index is 6.17. The fraction of sp³-hybridized carbons (Fsp3) is 0.176. The van der Waals surface area contributed by atoms with Gasteiger partial charge in [-0.1, -0.05) is 72.3 Å². The van der Waals surface area contributed by atoms with Crippen molar-refractivity contribution in [1.29, 1.82) is 0 Å². The normalized spacial score (nSPS) is 13.3. The minimum Gasteiger partial charge on any atom is -0.321 e. The second-order valence-electron chi connectivity index (χ2n) is 4.61. The van der Waals surface area contributed by atoms with E-state index in [1.807, 2.05) is 24.3 Å². The van der Waals surface area contributed by atoms with Gasteiger partial charge in [0.25, 0.3) is 0 Å². The summed E-state index contributed by atoms with van der Waals surface area (Å²) in [6.45, 7) is 2.13. The Bertz CT molecular complexity index is 500. The molecule has 0 saturated carbocycles. The molecule has 1 heteroatoms. The molecule has 2 N–H and O–H groups in total. The van der Waals surface area contributed by atoms with E-state index in [9.17, 15) is 0 Å². The van der Waals surface area contributed by atoms with Gasteiger partial charge in [0.1, 0.15) is 0 Å². The van der Waals surface area contributed by atoms with Crippen LogP contribution in [0.3, 0.4) is 0 Å². The van der Waals surface area contributed by atoms with Crippen LogP contribution in [0.5, 0.6) is 0 Å². The van der Waals surface area contributed by atoms with E-state index in [0.717, 1.165) is 12.0 Å². The van der Waals surface area contributed by atoms with E-state index < -0.39 is 0 Å². The van der Waals surface area contributed by atoms with Gasteiger partial charge in [0, 0.05) is 6.04 Å². The predicted molar refractivity (Wildman–Crippen MR) is 77.3 cm³/mol. The highest BCUT2D eigenvalue weighted by atomic mass is 14.6. The molecule has 18 heavy (non-hydrogen) atoms. The Morgan fingerprint density at radius 2 is 1.56 bits per heavy atom. The molecule has 2 aromatic rings. The Morgan fingerprint density at radius 3 is 2.17 bits per heavy atom. The lowest BCUT2D eigenvalue weighted by molar-refractivity contribution is 0.890. The highest BCUT2D eigenvalue weighted by Crippen LogP contribution is 2.15. The van der Waals surface area contributed by atoms with Gasteiger partial charge in [0.2, 0.25) is 0 Å². The number of rotatable bonds is 4. The van der Waals surface area contributed by atoms with E-state index in [4.69, 9.17) is 5.73 Å². The van der Waals surface area contributed by atoms with Gasteiger partial charge in [-0.15, -0.1) is 0 Å². The second kappa shape index (κ2) is 6.18. The zero-order chi connectivity index (χ0) is 12.8. The van der Waals surface area contributed by atoms with Crippen molar-refractivity contribution >= 4 is 0 Å².